The van der Waals surface area contributed by atoms with Crippen LogP contribution in [-0.4, -0.2) is 5.91 Å². The van der Waals surface area contributed by atoms with Gasteiger partial charge in [-0.15, -0.1) is 11.6 Å². The van der Waals surface area contributed by atoms with Crippen molar-refractivity contribution in [3.8, 4) is 0 Å². The highest BCUT2D eigenvalue weighted by Crippen LogP contribution is 2.19. The number of para-hydroxylation sites is 1. The van der Waals surface area contributed by atoms with Crippen molar-refractivity contribution in [1.82, 2.24) is 0 Å². The number of amides is 1. The Kier molecular flexibility index (Phi) is 4.29. The molecule has 0 atom stereocenters. The molecule has 0 aliphatic heterocycles. The minimum absolute atomic E-state index is 0.169. The van der Waals surface area contributed by atoms with Crippen LogP contribution >= 0.6 is 11.6 Å². The van der Waals surface area contributed by atoms with Crippen LogP contribution in [0.25, 0.3) is 0 Å². The van der Waals surface area contributed by atoms with Gasteiger partial charge in [-0.05, 0) is 23.8 Å². The van der Waals surface area contributed by atoms with Gasteiger partial charge in [0, 0.05) is 17.1 Å². The Balaban J connectivity index is 2.29. The highest BCUT2D eigenvalue weighted by molar-refractivity contribution is 6.17. The normalized spacial score (nSPS) is 10.4. The molecule has 0 radical (unpaired) electrons. The third kappa shape index (κ3) is 2.93. The summed E-state index contributed by atoms with van der Waals surface area (Å²) in [6.45, 7) is 0. The molecule has 0 aliphatic rings. The van der Waals surface area contributed by atoms with E-state index in [1.807, 2.05) is 0 Å². The van der Waals surface area contributed by atoms with Crippen molar-refractivity contribution in [3.63, 3.8) is 0 Å². The van der Waals surface area contributed by atoms with Gasteiger partial charge in [0.05, 0.1) is 0 Å². The number of carbonyl (C=O) groups excluding carboxylic acids is 1. The molecule has 1 amide bonds. The summed E-state index contributed by atoms with van der Waals surface area (Å²) in [6.07, 6.45) is 0. The average Bonchev–Trinajstić information content (AvgIpc) is 2.44. The van der Waals surface area contributed by atoms with Crippen LogP contribution in [0.2, 0.25) is 0 Å². The van der Waals surface area contributed by atoms with Gasteiger partial charge in [0.25, 0.3) is 5.91 Å². The lowest BCUT2D eigenvalue weighted by Crippen LogP contribution is -2.14. The molecule has 0 aromatic heterocycles. The van der Waals surface area contributed by atoms with E-state index in [0.717, 1.165) is 0 Å². The number of halogens is 4. The van der Waals surface area contributed by atoms with E-state index in [1.165, 1.54) is 0 Å². The van der Waals surface area contributed by atoms with Crippen LogP contribution in [0.4, 0.5) is 18.9 Å². The van der Waals surface area contributed by atoms with Gasteiger partial charge in [-0.1, -0.05) is 18.2 Å². The van der Waals surface area contributed by atoms with Crippen molar-refractivity contribution in [1.29, 1.82) is 0 Å². The highest BCUT2D eigenvalue weighted by atomic mass is 35.5. The van der Waals surface area contributed by atoms with Crippen molar-refractivity contribution >= 4 is 23.2 Å². The molecule has 0 unspecified atom stereocenters. The Morgan fingerprint density at radius 1 is 1.10 bits per heavy atom. The first-order chi connectivity index (χ1) is 9.52. The van der Waals surface area contributed by atoms with Crippen LogP contribution < -0.4 is 5.32 Å². The first-order valence-corrected chi connectivity index (χ1v) is 6.16. The fourth-order valence-electron chi connectivity index (χ4n) is 1.64. The predicted molar refractivity (Wildman–Crippen MR) is 70.3 cm³/mol. The first-order valence-electron chi connectivity index (χ1n) is 5.62. The van der Waals surface area contributed by atoms with E-state index >= 15 is 0 Å². The fraction of sp³-hybridized carbons (Fsp3) is 0.0714. The van der Waals surface area contributed by atoms with Crippen LogP contribution in [0, 0.1) is 17.5 Å². The van der Waals surface area contributed by atoms with Gasteiger partial charge in [-0.25, -0.2) is 13.2 Å². The number of nitrogens with one attached hydrogen (secondary N) is 1. The quantitative estimate of drug-likeness (QED) is 0.671. The minimum Gasteiger partial charge on any atom is -0.322 e. The molecule has 6 heteroatoms. The maximum atomic E-state index is 13.1. The highest BCUT2D eigenvalue weighted by Gasteiger charge is 2.15. The molecule has 0 heterocycles. The fourth-order valence-corrected chi connectivity index (χ4v) is 1.87. The lowest BCUT2D eigenvalue weighted by molar-refractivity contribution is 0.102. The van der Waals surface area contributed by atoms with Crippen LogP contribution in [-0.2, 0) is 5.88 Å². The first kappa shape index (κ1) is 14.4. The smallest absolute Gasteiger partial charge is 0.255 e. The van der Waals surface area contributed by atoms with E-state index in [1.54, 1.807) is 24.3 Å². The number of benzene rings is 2. The maximum Gasteiger partial charge on any atom is 0.255 e. The lowest BCUT2D eigenvalue weighted by atomic mass is 10.1. The maximum absolute atomic E-state index is 13.1. The van der Waals surface area contributed by atoms with E-state index < -0.39 is 23.4 Å². The summed E-state index contributed by atoms with van der Waals surface area (Å²) in [5, 5.41) is 2.47. The summed E-state index contributed by atoms with van der Waals surface area (Å²) in [5.41, 5.74) is 0.772. The lowest BCUT2D eigenvalue weighted by Gasteiger charge is -2.09. The molecule has 20 heavy (non-hydrogen) atoms. The third-order valence-corrected chi connectivity index (χ3v) is 2.94. The molecule has 0 saturated heterocycles. The van der Waals surface area contributed by atoms with E-state index in [4.69, 9.17) is 11.6 Å². The molecule has 2 nitrogen and oxygen atoms in total. The Morgan fingerprint density at radius 2 is 1.70 bits per heavy atom. The molecule has 0 spiro atoms. The summed E-state index contributed by atoms with van der Waals surface area (Å²) in [4.78, 5) is 11.9. The molecular formula is C14H9ClF3NO. The van der Waals surface area contributed by atoms with Crippen molar-refractivity contribution in [2.45, 2.75) is 5.88 Å². The van der Waals surface area contributed by atoms with E-state index in [-0.39, 0.29) is 11.4 Å². The van der Waals surface area contributed by atoms with Gasteiger partial charge >= 0.3 is 0 Å². The summed E-state index contributed by atoms with van der Waals surface area (Å²) in [5.74, 6) is -5.02. The Morgan fingerprint density at radius 3 is 2.30 bits per heavy atom. The molecule has 0 aliphatic carbocycles. The largest absolute Gasteiger partial charge is 0.322 e. The number of anilines is 1. The van der Waals surface area contributed by atoms with Gasteiger partial charge in [0.15, 0.2) is 17.5 Å². The summed E-state index contributed by atoms with van der Waals surface area (Å²) >= 11 is 5.71. The molecular weight excluding hydrogens is 291 g/mol. The van der Waals surface area contributed by atoms with Crippen molar-refractivity contribution in [3.05, 3.63) is 65.0 Å². The van der Waals surface area contributed by atoms with Gasteiger partial charge in [0.1, 0.15) is 0 Å². The van der Waals surface area contributed by atoms with Crippen LogP contribution in [0.5, 0.6) is 0 Å². The van der Waals surface area contributed by atoms with Gasteiger partial charge in [-0.3, -0.25) is 4.79 Å². The molecule has 2 aromatic carbocycles. The van der Waals surface area contributed by atoms with E-state index in [2.05, 4.69) is 5.32 Å². The summed E-state index contributed by atoms with van der Waals surface area (Å²) in [7, 11) is 0. The van der Waals surface area contributed by atoms with Crippen molar-refractivity contribution in [2.24, 2.45) is 0 Å². The molecule has 0 bridgehead atoms. The van der Waals surface area contributed by atoms with Gasteiger partial charge in [0.2, 0.25) is 0 Å². The Bertz CT molecular complexity index is 638. The number of hydrogen-bond acceptors (Lipinski definition) is 1. The molecule has 2 rings (SSSR count). The molecule has 0 fully saturated rings. The van der Waals surface area contributed by atoms with E-state index in [9.17, 15) is 18.0 Å². The minimum atomic E-state index is -1.61. The number of rotatable bonds is 3. The third-order valence-electron chi connectivity index (χ3n) is 2.66. The van der Waals surface area contributed by atoms with Crippen molar-refractivity contribution in [2.75, 3.05) is 5.32 Å². The molecule has 104 valence electrons. The second-order valence-electron chi connectivity index (χ2n) is 4.00. The SMILES string of the molecule is O=C(Nc1ccccc1CCl)c1cc(F)c(F)c(F)c1. The standard InChI is InChI=1S/C14H9ClF3NO/c15-7-8-3-1-2-4-12(8)19-14(20)9-5-10(16)13(18)11(17)6-9/h1-6H,7H2,(H,19,20). The number of carbonyl (C=O) groups is 1. The van der Waals surface area contributed by atoms with Crippen molar-refractivity contribution < 1.29 is 18.0 Å². The van der Waals surface area contributed by atoms with Crippen LogP contribution in [0.1, 0.15) is 15.9 Å². The topological polar surface area (TPSA) is 29.1 Å². The van der Waals surface area contributed by atoms with Crippen LogP contribution in [0.15, 0.2) is 36.4 Å². The van der Waals surface area contributed by atoms with Gasteiger partial charge in [-0.2, -0.15) is 0 Å². The second-order valence-corrected chi connectivity index (χ2v) is 4.27. The number of alkyl halides is 1. The zero-order valence-electron chi connectivity index (χ0n) is 10.1. The zero-order valence-corrected chi connectivity index (χ0v) is 10.8. The zero-order chi connectivity index (χ0) is 14.7. The average molecular weight is 300 g/mol. The molecule has 0 saturated carbocycles. The Hall–Kier alpha value is -2.01. The molecule has 1 N–H and O–H groups in total. The summed E-state index contributed by atoms with van der Waals surface area (Å²) in [6, 6.07) is 8.00. The Labute approximate surface area is 118 Å². The van der Waals surface area contributed by atoms with Gasteiger partial charge < -0.3 is 5.32 Å². The molecule has 2 aromatic rings. The predicted octanol–water partition coefficient (Wildman–Crippen LogP) is 4.10. The monoisotopic (exact) mass is 299 g/mol. The number of hydrogen-bond donors (Lipinski definition) is 1. The van der Waals surface area contributed by atoms with Crippen LogP contribution in [0.3, 0.4) is 0 Å². The van der Waals surface area contributed by atoms with E-state index in [0.29, 0.717) is 23.4 Å². The second kappa shape index (κ2) is 5.96. The summed E-state index contributed by atoms with van der Waals surface area (Å²) < 4.78 is 39.0.